The molecular formula is C9H14N2O2. The first-order valence-electron chi connectivity index (χ1n) is 4.34. The van der Waals surface area contributed by atoms with Crippen LogP contribution in [0.2, 0.25) is 0 Å². The summed E-state index contributed by atoms with van der Waals surface area (Å²) in [6.07, 6.45) is 4.66. The monoisotopic (exact) mass is 182 g/mol. The van der Waals surface area contributed by atoms with Crippen LogP contribution in [0.15, 0.2) is 12.4 Å². The summed E-state index contributed by atoms with van der Waals surface area (Å²) in [4.78, 5) is 14.8. The van der Waals surface area contributed by atoms with Gasteiger partial charge in [0.05, 0.1) is 5.92 Å². The fraction of sp³-hybridized carbons (Fsp3) is 0.556. The average molecular weight is 182 g/mol. The van der Waals surface area contributed by atoms with Crippen molar-refractivity contribution in [1.29, 1.82) is 0 Å². The second-order valence-electron chi connectivity index (χ2n) is 3.10. The van der Waals surface area contributed by atoms with Gasteiger partial charge in [-0.05, 0) is 6.42 Å². The third-order valence-electron chi connectivity index (χ3n) is 2.19. The van der Waals surface area contributed by atoms with Gasteiger partial charge in [0.25, 0.3) is 0 Å². The molecule has 0 aliphatic carbocycles. The number of hydrogen-bond donors (Lipinski definition) is 1. The molecule has 0 fully saturated rings. The molecule has 0 radical (unpaired) electrons. The summed E-state index contributed by atoms with van der Waals surface area (Å²) in [5.41, 5.74) is 0. The molecule has 72 valence electrons. The van der Waals surface area contributed by atoms with E-state index in [1.54, 1.807) is 6.20 Å². The number of imidazole rings is 1. The molecule has 1 aromatic rings. The zero-order valence-corrected chi connectivity index (χ0v) is 7.90. The first-order valence-corrected chi connectivity index (χ1v) is 4.34. The molecule has 0 aliphatic heterocycles. The van der Waals surface area contributed by atoms with Gasteiger partial charge in [-0.15, -0.1) is 0 Å². The van der Waals surface area contributed by atoms with E-state index in [1.165, 1.54) is 0 Å². The maximum atomic E-state index is 10.7. The number of rotatable bonds is 4. The molecule has 1 heterocycles. The molecule has 13 heavy (non-hydrogen) atoms. The van der Waals surface area contributed by atoms with Crippen LogP contribution in [0.25, 0.3) is 0 Å². The lowest BCUT2D eigenvalue weighted by atomic mass is 10.0. The molecule has 0 aliphatic rings. The molecule has 0 aromatic carbocycles. The van der Waals surface area contributed by atoms with Crippen LogP contribution in [0.5, 0.6) is 0 Å². The summed E-state index contributed by atoms with van der Waals surface area (Å²) in [6.45, 7) is 1.88. The number of carbonyl (C=O) groups is 1. The van der Waals surface area contributed by atoms with Gasteiger partial charge < -0.3 is 9.67 Å². The number of aromatic nitrogens is 2. The number of aryl methyl sites for hydroxylation is 1. The Morgan fingerprint density at radius 3 is 2.85 bits per heavy atom. The van der Waals surface area contributed by atoms with E-state index in [4.69, 9.17) is 5.11 Å². The molecule has 0 saturated heterocycles. The van der Waals surface area contributed by atoms with Crippen LogP contribution in [0, 0.1) is 5.92 Å². The van der Waals surface area contributed by atoms with Crippen molar-refractivity contribution in [3.8, 4) is 0 Å². The molecule has 1 rings (SSSR count). The van der Waals surface area contributed by atoms with Crippen LogP contribution in [0.1, 0.15) is 19.2 Å². The van der Waals surface area contributed by atoms with Crippen molar-refractivity contribution in [2.75, 3.05) is 0 Å². The highest BCUT2D eigenvalue weighted by atomic mass is 16.4. The van der Waals surface area contributed by atoms with E-state index in [0.717, 1.165) is 5.82 Å². The van der Waals surface area contributed by atoms with Gasteiger partial charge in [0.2, 0.25) is 0 Å². The van der Waals surface area contributed by atoms with E-state index in [1.807, 2.05) is 24.7 Å². The lowest BCUT2D eigenvalue weighted by molar-refractivity contribution is -0.141. The Hall–Kier alpha value is -1.32. The number of carboxylic acids is 1. The lowest BCUT2D eigenvalue weighted by Crippen LogP contribution is -2.17. The van der Waals surface area contributed by atoms with Crippen molar-refractivity contribution >= 4 is 5.97 Å². The zero-order chi connectivity index (χ0) is 9.84. The van der Waals surface area contributed by atoms with Crippen molar-refractivity contribution in [2.24, 2.45) is 13.0 Å². The maximum Gasteiger partial charge on any atom is 0.306 e. The standard InChI is InChI=1S/C9H14N2O2/c1-3-7(9(12)13)6-8-10-4-5-11(8)2/h4-5,7H,3,6H2,1-2H3,(H,12,13). The van der Waals surface area contributed by atoms with Crippen molar-refractivity contribution in [3.05, 3.63) is 18.2 Å². The second-order valence-corrected chi connectivity index (χ2v) is 3.10. The van der Waals surface area contributed by atoms with Gasteiger partial charge in [-0.3, -0.25) is 4.79 Å². The van der Waals surface area contributed by atoms with E-state index in [-0.39, 0.29) is 5.92 Å². The summed E-state index contributed by atoms with van der Waals surface area (Å²) in [6, 6.07) is 0. The minimum Gasteiger partial charge on any atom is -0.481 e. The molecule has 4 nitrogen and oxygen atoms in total. The van der Waals surface area contributed by atoms with Crippen molar-refractivity contribution in [1.82, 2.24) is 9.55 Å². The summed E-state index contributed by atoms with van der Waals surface area (Å²) in [5.74, 6) is -0.235. The predicted molar refractivity (Wildman–Crippen MR) is 48.3 cm³/mol. The highest BCUT2D eigenvalue weighted by Gasteiger charge is 2.17. The minimum absolute atomic E-state index is 0.318. The topological polar surface area (TPSA) is 55.1 Å². The van der Waals surface area contributed by atoms with Crippen LogP contribution in [-0.4, -0.2) is 20.6 Å². The molecule has 0 bridgehead atoms. The quantitative estimate of drug-likeness (QED) is 0.757. The Morgan fingerprint density at radius 2 is 2.46 bits per heavy atom. The normalized spacial score (nSPS) is 12.8. The first-order chi connectivity index (χ1) is 6.15. The predicted octanol–water partition coefficient (Wildman–Crippen LogP) is 1.07. The Labute approximate surface area is 77.2 Å². The van der Waals surface area contributed by atoms with Crippen molar-refractivity contribution in [3.63, 3.8) is 0 Å². The smallest absolute Gasteiger partial charge is 0.306 e. The van der Waals surface area contributed by atoms with Crippen LogP contribution in [0.4, 0.5) is 0 Å². The number of carboxylic acid groups (broad SMARTS) is 1. The Balaban J connectivity index is 2.67. The molecule has 1 atom stereocenters. The molecule has 1 unspecified atom stereocenters. The highest BCUT2D eigenvalue weighted by Crippen LogP contribution is 2.10. The summed E-state index contributed by atoms with van der Waals surface area (Å²) >= 11 is 0. The third-order valence-corrected chi connectivity index (χ3v) is 2.19. The van der Waals surface area contributed by atoms with Gasteiger partial charge in [-0.2, -0.15) is 0 Å². The van der Waals surface area contributed by atoms with Crippen molar-refractivity contribution < 1.29 is 9.90 Å². The second kappa shape index (κ2) is 4.07. The average Bonchev–Trinajstić information content (AvgIpc) is 2.46. The number of nitrogens with zero attached hydrogens (tertiary/aromatic N) is 2. The Bertz CT molecular complexity index is 294. The first kappa shape index (κ1) is 9.77. The van der Waals surface area contributed by atoms with Gasteiger partial charge in [0, 0.05) is 25.9 Å². The third kappa shape index (κ3) is 2.31. The van der Waals surface area contributed by atoms with Crippen LogP contribution < -0.4 is 0 Å². The molecule has 1 aromatic heterocycles. The lowest BCUT2D eigenvalue weighted by Gasteiger charge is -2.08. The highest BCUT2D eigenvalue weighted by molar-refractivity contribution is 5.70. The SMILES string of the molecule is CCC(Cc1nccn1C)C(=O)O. The molecule has 0 amide bonds. The molecule has 1 N–H and O–H groups in total. The molecule has 0 saturated carbocycles. The van der Waals surface area contributed by atoms with E-state index < -0.39 is 5.97 Å². The van der Waals surface area contributed by atoms with Crippen LogP contribution in [0.3, 0.4) is 0 Å². The largest absolute Gasteiger partial charge is 0.481 e. The Kier molecular flexibility index (Phi) is 3.06. The van der Waals surface area contributed by atoms with Crippen LogP contribution in [-0.2, 0) is 18.3 Å². The molecule has 4 heteroatoms. The maximum absolute atomic E-state index is 10.7. The minimum atomic E-state index is -0.745. The summed E-state index contributed by atoms with van der Waals surface area (Å²) in [5, 5.41) is 8.83. The Morgan fingerprint density at radius 1 is 1.77 bits per heavy atom. The van der Waals surface area contributed by atoms with E-state index in [0.29, 0.717) is 12.8 Å². The summed E-state index contributed by atoms with van der Waals surface area (Å²) in [7, 11) is 1.87. The van der Waals surface area contributed by atoms with Gasteiger partial charge in [-0.25, -0.2) is 4.98 Å². The van der Waals surface area contributed by atoms with E-state index in [9.17, 15) is 4.79 Å². The van der Waals surface area contributed by atoms with E-state index >= 15 is 0 Å². The zero-order valence-electron chi connectivity index (χ0n) is 7.90. The number of aliphatic carboxylic acids is 1. The van der Waals surface area contributed by atoms with Crippen molar-refractivity contribution in [2.45, 2.75) is 19.8 Å². The van der Waals surface area contributed by atoms with Gasteiger partial charge in [-0.1, -0.05) is 6.92 Å². The van der Waals surface area contributed by atoms with Gasteiger partial charge in [0.1, 0.15) is 5.82 Å². The van der Waals surface area contributed by atoms with Crippen LogP contribution >= 0.6 is 0 Å². The molecular weight excluding hydrogens is 168 g/mol. The summed E-state index contributed by atoms with van der Waals surface area (Å²) < 4.78 is 1.85. The van der Waals surface area contributed by atoms with Gasteiger partial charge in [0.15, 0.2) is 0 Å². The number of hydrogen-bond acceptors (Lipinski definition) is 2. The molecule has 0 spiro atoms. The fourth-order valence-electron chi connectivity index (χ4n) is 1.22. The van der Waals surface area contributed by atoms with Gasteiger partial charge >= 0.3 is 5.97 Å². The fourth-order valence-corrected chi connectivity index (χ4v) is 1.22. The van der Waals surface area contributed by atoms with E-state index in [2.05, 4.69) is 4.98 Å².